The van der Waals surface area contributed by atoms with Crippen LogP contribution < -0.4 is 10.6 Å². The number of rotatable bonds is 5. The summed E-state index contributed by atoms with van der Waals surface area (Å²) < 4.78 is 0. The molecule has 0 saturated heterocycles. The SMILES string of the molecule is CCc1cc(C(=O)NCc2ccc(C)s2)cc(NC)n1. The van der Waals surface area contributed by atoms with Crippen LogP contribution in [0.25, 0.3) is 0 Å². The van der Waals surface area contributed by atoms with Gasteiger partial charge in [0.15, 0.2) is 0 Å². The van der Waals surface area contributed by atoms with Crippen LogP contribution in [0.4, 0.5) is 5.82 Å². The van der Waals surface area contributed by atoms with Gasteiger partial charge in [-0.1, -0.05) is 6.92 Å². The van der Waals surface area contributed by atoms with E-state index in [9.17, 15) is 4.79 Å². The number of hydrogen-bond acceptors (Lipinski definition) is 4. The summed E-state index contributed by atoms with van der Waals surface area (Å²) in [4.78, 5) is 19.0. The molecule has 2 aromatic rings. The molecule has 0 saturated carbocycles. The zero-order chi connectivity index (χ0) is 14.5. The maximum atomic E-state index is 12.2. The van der Waals surface area contributed by atoms with E-state index in [2.05, 4.69) is 28.6 Å². The van der Waals surface area contributed by atoms with Crippen molar-refractivity contribution in [3.8, 4) is 0 Å². The number of nitrogens with one attached hydrogen (secondary N) is 2. The molecular formula is C15H19N3OS. The number of carbonyl (C=O) groups excluding carboxylic acids is 1. The third-order valence-corrected chi connectivity index (χ3v) is 3.98. The summed E-state index contributed by atoms with van der Waals surface area (Å²) in [6, 6.07) is 7.72. The maximum absolute atomic E-state index is 12.2. The topological polar surface area (TPSA) is 54.0 Å². The van der Waals surface area contributed by atoms with Crippen LogP contribution in [0.2, 0.25) is 0 Å². The highest BCUT2D eigenvalue weighted by atomic mass is 32.1. The Bertz CT molecular complexity index is 585. The number of hydrogen-bond donors (Lipinski definition) is 2. The third-order valence-electron chi connectivity index (χ3n) is 2.98. The number of nitrogens with zero attached hydrogens (tertiary/aromatic N) is 1. The molecule has 0 aliphatic rings. The molecule has 1 amide bonds. The Morgan fingerprint density at radius 1 is 1.35 bits per heavy atom. The Kier molecular flexibility index (Phi) is 4.74. The number of anilines is 1. The lowest BCUT2D eigenvalue weighted by Crippen LogP contribution is -2.22. The van der Waals surface area contributed by atoms with Gasteiger partial charge in [0.05, 0.1) is 6.54 Å². The van der Waals surface area contributed by atoms with Crippen LogP contribution in [0.3, 0.4) is 0 Å². The Morgan fingerprint density at radius 3 is 2.75 bits per heavy atom. The van der Waals surface area contributed by atoms with Gasteiger partial charge in [-0.25, -0.2) is 4.98 Å². The van der Waals surface area contributed by atoms with E-state index in [1.165, 1.54) is 4.88 Å². The maximum Gasteiger partial charge on any atom is 0.251 e. The largest absolute Gasteiger partial charge is 0.373 e. The molecule has 0 fully saturated rings. The van der Waals surface area contributed by atoms with E-state index in [4.69, 9.17) is 0 Å². The molecule has 0 spiro atoms. The first-order valence-corrected chi connectivity index (χ1v) is 7.46. The lowest BCUT2D eigenvalue weighted by molar-refractivity contribution is 0.0951. The Balaban J connectivity index is 2.08. The summed E-state index contributed by atoms with van der Waals surface area (Å²) in [6.07, 6.45) is 0.805. The van der Waals surface area contributed by atoms with Crippen molar-refractivity contribution in [2.45, 2.75) is 26.8 Å². The Hall–Kier alpha value is -1.88. The van der Waals surface area contributed by atoms with Crippen molar-refractivity contribution in [1.29, 1.82) is 0 Å². The van der Waals surface area contributed by atoms with Gasteiger partial charge in [0.1, 0.15) is 5.82 Å². The second-order valence-electron chi connectivity index (χ2n) is 4.53. The minimum absolute atomic E-state index is 0.0651. The van der Waals surface area contributed by atoms with Crippen molar-refractivity contribution >= 4 is 23.1 Å². The average Bonchev–Trinajstić information content (AvgIpc) is 2.89. The third kappa shape index (κ3) is 3.57. The Morgan fingerprint density at radius 2 is 2.15 bits per heavy atom. The number of aryl methyl sites for hydroxylation is 2. The smallest absolute Gasteiger partial charge is 0.251 e. The Labute approximate surface area is 123 Å². The fraction of sp³-hybridized carbons (Fsp3) is 0.333. The molecule has 0 aliphatic heterocycles. The van der Waals surface area contributed by atoms with E-state index < -0.39 is 0 Å². The number of amides is 1. The van der Waals surface area contributed by atoms with Gasteiger partial charge in [0.25, 0.3) is 5.91 Å². The molecule has 0 radical (unpaired) electrons. The van der Waals surface area contributed by atoms with Crippen molar-refractivity contribution in [3.05, 3.63) is 45.3 Å². The summed E-state index contributed by atoms with van der Waals surface area (Å²) in [5, 5.41) is 5.93. The molecule has 0 aromatic carbocycles. The molecule has 0 bridgehead atoms. The summed E-state index contributed by atoms with van der Waals surface area (Å²) in [5.74, 6) is 0.658. The number of thiophene rings is 1. The molecule has 2 rings (SSSR count). The van der Waals surface area contributed by atoms with Crippen molar-refractivity contribution in [2.75, 3.05) is 12.4 Å². The number of carbonyl (C=O) groups is 1. The van der Waals surface area contributed by atoms with Crippen molar-refractivity contribution in [3.63, 3.8) is 0 Å². The van der Waals surface area contributed by atoms with Gasteiger partial charge in [0, 0.05) is 28.1 Å². The molecule has 0 atom stereocenters. The van der Waals surface area contributed by atoms with Crippen LogP contribution >= 0.6 is 11.3 Å². The van der Waals surface area contributed by atoms with Gasteiger partial charge in [-0.3, -0.25) is 4.79 Å². The van der Waals surface area contributed by atoms with Crippen LogP contribution in [0.15, 0.2) is 24.3 Å². The van der Waals surface area contributed by atoms with Gasteiger partial charge >= 0.3 is 0 Å². The van der Waals surface area contributed by atoms with Crippen LogP contribution in [0, 0.1) is 6.92 Å². The van der Waals surface area contributed by atoms with Crippen LogP contribution in [-0.4, -0.2) is 17.9 Å². The normalized spacial score (nSPS) is 10.3. The fourth-order valence-electron chi connectivity index (χ4n) is 1.88. The van der Waals surface area contributed by atoms with Crippen molar-refractivity contribution < 1.29 is 4.79 Å². The quantitative estimate of drug-likeness (QED) is 0.889. The van der Waals surface area contributed by atoms with Crippen LogP contribution in [0.5, 0.6) is 0 Å². The summed E-state index contributed by atoms with van der Waals surface area (Å²) in [5.41, 5.74) is 1.56. The standard InChI is InChI=1S/C15H19N3OS/c1-4-12-7-11(8-14(16-3)18-12)15(19)17-9-13-6-5-10(2)20-13/h5-8H,4,9H2,1-3H3,(H,16,18)(H,17,19). The molecule has 20 heavy (non-hydrogen) atoms. The minimum Gasteiger partial charge on any atom is -0.373 e. The summed E-state index contributed by atoms with van der Waals surface area (Å²) >= 11 is 1.70. The predicted octanol–water partition coefficient (Wildman–Crippen LogP) is 2.99. The minimum atomic E-state index is -0.0651. The average molecular weight is 289 g/mol. The van der Waals surface area contributed by atoms with E-state index in [1.54, 1.807) is 24.5 Å². The molecular weight excluding hydrogens is 270 g/mol. The molecule has 5 heteroatoms. The molecule has 2 N–H and O–H groups in total. The van der Waals surface area contributed by atoms with E-state index in [1.807, 2.05) is 19.1 Å². The molecule has 4 nitrogen and oxygen atoms in total. The van der Waals surface area contributed by atoms with E-state index in [0.717, 1.165) is 22.8 Å². The molecule has 0 unspecified atom stereocenters. The fourth-order valence-corrected chi connectivity index (χ4v) is 2.71. The monoisotopic (exact) mass is 289 g/mol. The van der Waals surface area contributed by atoms with Gasteiger partial charge < -0.3 is 10.6 Å². The molecule has 2 aromatic heterocycles. The van der Waals surface area contributed by atoms with E-state index >= 15 is 0 Å². The van der Waals surface area contributed by atoms with Gasteiger partial charge in [-0.15, -0.1) is 11.3 Å². The number of pyridine rings is 1. The summed E-state index contributed by atoms with van der Waals surface area (Å²) in [7, 11) is 1.80. The van der Waals surface area contributed by atoms with Crippen LogP contribution in [-0.2, 0) is 13.0 Å². The van der Waals surface area contributed by atoms with Gasteiger partial charge in [-0.2, -0.15) is 0 Å². The molecule has 106 valence electrons. The predicted molar refractivity (Wildman–Crippen MR) is 83.4 cm³/mol. The summed E-state index contributed by atoms with van der Waals surface area (Å²) in [6.45, 7) is 4.65. The first kappa shape index (κ1) is 14.5. The second-order valence-corrected chi connectivity index (χ2v) is 5.90. The highest BCUT2D eigenvalue weighted by Crippen LogP contribution is 2.15. The molecule has 2 heterocycles. The first-order chi connectivity index (χ1) is 9.62. The molecule has 0 aliphatic carbocycles. The lowest BCUT2D eigenvalue weighted by Gasteiger charge is -2.08. The highest BCUT2D eigenvalue weighted by molar-refractivity contribution is 7.11. The zero-order valence-corrected chi connectivity index (χ0v) is 12.8. The van der Waals surface area contributed by atoms with Gasteiger partial charge in [0.2, 0.25) is 0 Å². The number of aromatic nitrogens is 1. The van der Waals surface area contributed by atoms with Crippen molar-refractivity contribution in [2.24, 2.45) is 0 Å². The first-order valence-electron chi connectivity index (χ1n) is 6.64. The highest BCUT2D eigenvalue weighted by Gasteiger charge is 2.09. The van der Waals surface area contributed by atoms with Crippen LogP contribution in [0.1, 0.15) is 32.7 Å². The van der Waals surface area contributed by atoms with Gasteiger partial charge in [-0.05, 0) is 37.6 Å². The van der Waals surface area contributed by atoms with Crippen molar-refractivity contribution in [1.82, 2.24) is 10.3 Å². The lowest BCUT2D eigenvalue weighted by atomic mass is 10.2. The van der Waals surface area contributed by atoms with E-state index in [-0.39, 0.29) is 5.91 Å². The zero-order valence-electron chi connectivity index (χ0n) is 12.0. The van der Waals surface area contributed by atoms with E-state index in [0.29, 0.717) is 12.1 Å². The second kappa shape index (κ2) is 6.52.